The van der Waals surface area contributed by atoms with Crippen LogP contribution in [0.1, 0.15) is 24.2 Å². The number of fused-ring (bicyclic) bond motifs is 1. The van der Waals surface area contributed by atoms with Gasteiger partial charge >= 0.3 is 5.97 Å². The van der Waals surface area contributed by atoms with E-state index >= 15 is 0 Å². The topological polar surface area (TPSA) is 106 Å². The maximum absolute atomic E-state index is 12.8. The van der Waals surface area contributed by atoms with Crippen molar-refractivity contribution in [3.63, 3.8) is 0 Å². The van der Waals surface area contributed by atoms with E-state index in [1.165, 1.54) is 26.2 Å². The van der Waals surface area contributed by atoms with Crippen LogP contribution in [0.5, 0.6) is 5.75 Å². The third-order valence-electron chi connectivity index (χ3n) is 3.33. The van der Waals surface area contributed by atoms with E-state index in [0.29, 0.717) is 0 Å². The first kappa shape index (κ1) is 15.6. The van der Waals surface area contributed by atoms with E-state index in [4.69, 9.17) is 4.74 Å². The maximum Gasteiger partial charge on any atom is 0.354 e. The van der Waals surface area contributed by atoms with Crippen LogP contribution in [0.15, 0.2) is 29.4 Å². The van der Waals surface area contributed by atoms with Gasteiger partial charge in [0.1, 0.15) is 18.6 Å². The zero-order chi connectivity index (χ0) is 16.5. The van der Waals surface area contributed by atoms with Gasteiger partial charge in [0.25, 0.3) is 5.54 Å². The molecule has 0 unspecified atom stereocenters. The molecular weight excluding hydrogens is 292 g/mol. The van der Waals surface area contributed by atoms with Crippen LogP contribution in [0.3, 0.4) is 0 Å². The van der Waals surface area contributed by atoms with Crippen molar-refractivity contribution in [1.82, 2.24) is 5.06 Å². The van der Waals surface area contributed by atoms with Crippen molar-refractivity contribution < 1.29 is 29.2 Å². The molecule has 2 rings (SSSR count). The summed E-state index contributed by atoms with van der Waals surface area (Å²) in [6, 6.07) is 6.02. The van der Waals surface area contributed by atoms with Crippen LogP contribution < -0.4 is 4.74 Å². The third-order valence-corrected chi connectivity index (χ3v) is 3.33. The van der Waals surface area contributed by atoms with Crippen molar-refractivity contribution >= 4 is 23.4 Å². The minimum atomic E-state index is -2.41. The third kappa shape index (κ3) is 2.04. The summed E-state index contributed by atoms with van der Waals surface area (Å²) >= 11 is 0. The maximum atomic E-state index is 12.8. The van der Waals surface area contributed by atoms with Crippen molar-refractivity contribution in [1.29, 1.82) is 0 Å². The molecule has 1 aliphatic rings. The Hall–Kier alpha value is -2.74. The molecule has 0 saturated heterocycles. The normalized spacial score (nSPS) is 21.0. The highest BCUT2D eigenvalue weighted by Gasteiger charge is 2.60. The van der Waals surface area contributed by atoms with E-state index < -0.39 is 23.2 Å². The molecular formula is C14H14N2O6. The molecule has 22 heavy (non-hydrogen) atoms. The van der Waals surface area contributed by atoms with E-state index in [2.05, 4.69) is 9.99 Å². The molecule has 8 nitrogen and oxygen atoms in total. The Kier molecular flexibility index (Phi) is 3.96. The van der Waals surface area contributed by atoms with Crippen molar-refractivity contribution in [3.8, 4) is 5.75 Å². The first-order valence-corrected chi connectivity index (χ1v) is 6.31. The van der Waals surface area contributed by atoms with Gasteiger partial charge in [-0.1, -0.05) is 17.3 Å². The van der Waals surface area contributed by atoms with Gasteiger partial charge in [-0.15, -0.1) is 0 Å². The number of rotatable bonds is 3. The lowest BCUT2D eigenvalue weighted by atomic mass is 9.82. The lowest BCUT2D eigenvalue weighted by Crippen LogP contribution is -2.67. The van der Waals surface area contributed by atoms with E-state index in [9.17, 15) is 19.6 Å². The molecule has 1 amide bonds. The highest BCUT2D eigenvalue weighted by molar-refractivity contribution is 6.35. The number of benzene rings is 1. The van der Waals surface area contributed by atoms with Crippen molar-refractivity contribution in [2.45, 2.75) is 19.4 Å². The average Bonchev–Trinajstić information content (AvgIpc) is 2.47. The molecule has 8 heteroatoms. The average molecular weight is 306 g/mol. The number of hydrogen-bond acceptors (Lipinski definition) is 7. The molecule has 0 saturated carbocycles. The second-order valence-corrected chi connectivity index (χ2v) is 4.62. The number of carbonyl (C=O) groups is 3. The van der Waals surface area contributed by atoms with Crippen LogP contribution >= 0.6 is 0 Å². The summed E-state index contributed by atoms with van der Waals surface area (Å²) in [6.45, 7) is 2.28. The van der Waals surface area contributed by atoms with Crippen LogP contribution in [-0.4, -0.2) is 46.3 Å². The van der Waals surface area contributed by atoms with Gasteiger partial charge in [-0.3, -0.25) is 14.8 Å². The summed E-state index contributed by atoms with van der Waals surface area (Å²) < 4.78 is 5.11. The van der Waals surface area contributed by atoms with E-state index in [-0.39, 0.29) is 22.1 Å². The molecule has 1 aromatic carbocycles. The first-order chi connectivity index (χ1) is 10.4. The standard InChI is InChI=1S/C14H14N2O6/c1-8(15-21-3)14(16(20)9(2)17)12(18)10-6-4-5-7-11(10)22-13(14)19/h4-7,20H,1-3H3/b15-8+/t14-/m0/s1. The Labute approximate surface area is 125 Å². The predicted octanol–water partition coefficient (Wildman–Crippen LogP) is 0.787. The fourth-order valence-corrected chi connectivity index (χ4v) is 2.29. The van der Waals surface area contributed by atoms with Crippen molar-refractivity contribution in [2.75, 3.05) is 7.11 Å². The fourth-order valence-electron chi connectivity index (χ4n) is 2.29. The van der Waals surface area contributed by atoms with Gasteiger partial charge in [-0.25, -0.2) is 4.79 Å². The van der Waals surface area contributed by atoms with Gasteiger partial charge in [-0.2, -0.15) is 5.06 Å². The highest BCUT2D eigenvalue weighted by Crippen LogP contribution is 2.34. The second kappa shape index (κ2) is 5.57. The molecule has 0 spiro atoms. The Morgan fingerprint density at radius 3 is 2.55 bits per heavy atom. The number of para-hydroxylation sites is 1. The summed E-state index contributed by atoms with van der Waals surface area (Å²) in [7, 11) is 1.21. The fraction of sp³-hybridized carbons (Fsp3) is 0.286. The molecule has 1 heterocycles. The number of oxime groups is 1. The van der Waals surface area contributed by atoms with E-state index in [0.717, 1.165) is 6.92 Å². The monoisotopic (exact) mass is 306 g/mol. The Bertz CT molecular complexity index is 684. The first-order valence-electron chi connectivity index (χ1n) is 6.31. The number of esters is 1. The van der Waals surface area contributed by atoms with Gasteiger partial charge in [0.05, 0.1) is 5.56 Å². The van der Waals surface area contributed by atoms with Crippen LogP contribution in [0.4, 0.5) is 0 Å². The molecule has 116 valence electrons. The molecule has 0 bridgehead atoms. The van der Waals surface area contributed by atoms with Gasteiger partial charge in [0, 0.05) is 6.92 Å². The highest BCUT2D eigenvalue weighted by atomic mass is 16.6. The summed E-state index contributed by atoms with van der Waals surface area (Å²) in [4.78, 5) is 41.4. The molecule has 0 fully saturated rings. The smallest absolute Gasteiger partial charge is 0.354 e. The largest absolute Gasteiger partial charge is 0.423 e. The van der Waals surface area contributed by atoms with Crippen LogP contribution in [-0.2, 0) is 14.4 Å². The number of amides is 1. The predicted molar refractivity (Wildman–Crippen MR) is 73.6 cm³/mol. The molecule has 0 aliphatic carbocycles. The number of ether oxygens (including phenoxy) is 1. The molecule has 0 aromatic heterocycles. The number of ketones is 1. The number of hydroxylamine groups is 2. The SMILES string of the molecule is CO/N=C(\C)[C@@]1(N(O)C(C)=O)C(=O)Oc2ccccc2C1=O. The van der Waals surface area contributed by atoms with E-state index in [1.807, 2.05) is 0 Å². The van der Waals surface area contributed by atoms with Crippen LogP contribution in [0.25, 0.3) is 0 Å². The summed E-state index contributed by atoms with van der Waals surface area (Å²) in [6.07, 6.45) is 0. The zero-order valence-electron chi connectivity index (χ0n) is 12.2. The Morgan fingerprint density at radius 2 is 1.95 bits per heavy atom. The van der Waals surface area contributed by atoms with Gasteiger partial charge in [0.2, 0.25) is 11.7 Å². The quantitative estimate of drug-likeness (QED) is 0.221. The lowest BCUT2D eigenvalue weighted by molar-refractivity contribution is -0.186. The Balaban J connectivity index is 2.74. The van der Waals surface area contributed by atoms with Crippen molar-refractivity contribution in [3.05, 3.63) is 29.8 Å². The lowest BCUT2D eigenvalue weighted by Gasteiger charge is -2.37. The van der Waals surface area contributed by atoms with Crippen molar-refractivity contribution in [2.24, 2.45) is 5.16 Å². The number of carbonyl (C=O) groups excluding carboxylic acids is 3. The molecule has 1 N–H and O–H groups in total. The van der Waals surface area contributed by atoms with E-state index in [1.54, 1.807) is 12.1 Å². The molecule has 1 aliphatic heterocycles. The zero-order valence-corrected chi connectivity index (χ0v) is 12.2. The summed E-state index contributed by atoms with van der Waals surface area (Å²) in [5.74, 6) is -2.83. The summed E-state index contributed by atoms with van der Waals surface area (Å²) in [5, 5.41) is 13.6. The minimum Gasteiger partial charge on any atom is -0.423 e. The Morgan fingerprint density at radius 1 is 1.32 bits per heavy atom. The molecule has 1 atom stereocenters. The molecule has 1 aromatic rings. The van der Waals surface area contributed by atoms with Gasteiger partial charge in [0.15, 0.2) is 0 Å². The molecule has 0 radical (unpaired) electrons. The van der Waals surface area contributed by atoms with Crippen LogP contribution in [0, 0.1) is 0 Å². The second-order valence-electron chi connectivity index (χ2n) is 4.62. The number of Topliss-reactive ketones (excluding diaryl/α,β-unsaturated/α-hetero) is 1. The summed E-state index contributed by atoms with van der Waals surface area (Å²) in [5.41, 5.74) is -2.58. The van der Waals surface area contributed by atoms with Gasteiger partial charge < -0.3 is 9.57 Å². The van der Waals surface area contributed by atoms with Crippen LogP contribution in [0.2, 0.25) is 0 Å². The minimum absolute atomic E-state index is 0.0193. The number of hydrogen-bond donors (Lipinski definition) is 1. The number of nitrogens with zero attached hydrogens (tertiary/aromatic N) is 2. The van der Waals surface area contributed by atoms with Gasteiger partial charge in [-0.05, 0) is 19.1 Å².